The highest BCUT2D eigenvalue weighted by Crippen LogP contribution is 2.36. The van der Waals surface area contributed by atoms with Crippen LogP contribution in [-0.4, -0.2) is 54.4 Å². The Kier molecular flexibility index (Phi) is 5.98. The lowest BCUT2D eigenvalue weighted by Crippen LogP contribution is -2.40. The van der Waals surface area contributed by atoms with Crippen molar-refractivity contribution in [1.82, 2.24) is 19.3 Å². The average molecular weight is 446 g/mol. The van der Waals surface area contributed by atoms with Crippen molar-refractivity contribution in [2.45, 2.75) is 44.0 Å². The summed E-state index contributed by atoms with van der Waals surface area (Å²) in [5.41, 5.74) is 1.94. The summed E-state index contributed by atoms with van der Waals surface area (Å²) in [7, 11) is -0.781. The van der Waals surface area contributed by atoms with Gasteiger partial charge in [-0.15, -0.1) is 0 Å². The molecule has 1 aromatic carbocycles. The van der Waals surface area contributed by atoms with Crippen LogP contribution >= 0.6 is 0 Å². The second kappa shape index (κ2) is 8.54. The van der Waals surface area contributed by atoms with Crippen molar-refractivity contribution in [2.24, 2.45) is 0 Å². The molecule has 166 valence electrons. The lowest BCUT2D eigenvalue weighted by Gasteiger charge is -2.27. The fourth-order valence-corrected chi connectivity index (χ4v) is 4.97. The predicted molar refractivity (Wildman–Crippen MR) is 118 cm³/mol. The molecular weight excluding hydrogens is 418 g/mol. The molecule has 0 unspecified atom stereocenters. The van der Waals surface area contributed by atoms with Crippen LogP contribution in [0.25, 0.3) is 11.0 Å². The number of aliphatic hydroxyl groups excluding tert-OH is 1. The molecule has 1 fully saturated rings. The molecule has 4 atom stereocenters. The van der Waals surface area contributed by atoms with Crippen molar-refractivity contribution in [3.63, 3.8) is 0 Å². The van der Waals surface area contributed by atoms with Gasteiger partial charge in [0.05, 0.1) is 30.7 Å². The Morgan fingerprint density at radius 1 is 1.23 bits per heavy atom. The maximum Gasteiger partial charge on any atom is 0.335 e. The topological polar surface area (TPSA) is 110 Å². The van der Waals surface area contributed by atoms with Crippen molar-refractivity contribution in [3.8, 4) is 0 Å². The van der Waals surface area contributed by atoms with Crippen LogP contribution < -0.4 is 9.62 Å². The van der Waals surface area contributed by atoms with E-state index in [1.807, 2.05) is 42.1 Å². The zero-order valence-corrected chi connectivity index (χ0v) is 18.5. The van der Waals surface area contributed by atoms with Gasteiger partial charge in [0.15, 0.2) is 0 Å². The second-order valence-corrected chi connectivity index (χ2v) is 9.37. The molecule has 2 aromatic heterocycles. The highest BCUT2D eigenvalue weighted by molar-refractivity contribution is 7.84. The van der Waals surface area contributed by atoms with E-state index in [9.17, 15) is 13.5 Å². The molecule has 0 amide bonds. The van der Waals surface area contributed by atoms with Gasteiger partial charge in [-0.2, -0.15) is 13.1 Å². The zero-order chi connectivity index (χ0) is 22.2. The number of hydrogen-bond acceptors (Lipinski definition) is 7. The van der Waals surface area contributed by atoms with Crippen LogP contribution in [0.1, 0.15) is 37.4 Å². The third-order valence-corrected chi connectivity index (χ3v) is 7.13. The first kappa shape index (κ1) is 21.7. The molecule has 2 heterocycles. The molecule has 1 aliphatic carbocycles. The predicted octanol–water partition coefficient (Wildman–Crippen LogP) is 2.17. The molecular formula is C21H27N5O4S. The fourth-order valence-electron chi connectivity index (χ4n) is 4.25. The highest BCUT2D eigenvalue weighted by atomic mass is 32.2. The van der Waals surface area contributed by atoms with Crippen LogP contribution in [0.5, 0.6) is 0 Å². The summed E-state index contributed by atoms with van der Waals surface area (Å²) in [6.07, 6.45) is 3.50. The van der Waals surface area contributed by atoms with E-state index in [4.69, 9.17) is 0 Å². The third kappa shape index (κ3) is 4.29. The van der Waals surface area contributed by atoms with Gasteiger partial charge in [-0.3, -0.25) is 4.18 Å². The molecule has 0 saturated heterocycles. The quantitative estimate of drug-likeness (QED) is 0.574. The highest BCUT2D eigenvalue weighted by Gasteiger charge is 2.37. The summed E-state index contributed by atoms with van der Waals surface area (Å²) in [6, 6.07) is 11.6. The van der Waals surface area contributed by atoms with Crippen molar-refractivity contribution in [1.29, 1.82) is 0 Å². The van der Waals surface area contributed by atoms with Crippen LogP contribution in [0, 0.1) is 0 Å². The Morgan fingerprint density at radius 3 is 2.68 bits per heavy atom. The van der Waals surface area contributed by atoms with Gasteiger partial charge < -0.3 is 14.6 Å². The van der Waals surface area contributed by atoms with E-state index in [-0.39, 0.29) is 12.1 Å². The molecule has 1 saturated carbocycles. The maximum absolute atomic E-state index is 11.7. The van der Waals surface area contributed by atoms with E-state index >= 15 is 0 Å². The summed E-state index contributed by atoms with van der Waals surface area (Å²) in [5.74, 6) is 0.815. The fraction of sp³-hybridized carbons (Fsp3) is 0.429. The third-order valence-electron chi connectivity index (χ3n) is 6.10. The molecule has 4 rings (SSSR count). The van der Waals surface area contributed by atoms with Crippen molar-refractivity contribution >= 4 is 27.2 Å². The van der Waals surface area contributed by atoms with Crippen molar-refractivity contribution in [3.05, 3.63) is 54.5 Å². The smallest absolute Gasteiger partial charge is 0.335 e. The van der Waals surface area contributed by atoms with E-state index in [2.05, 4.69) is 42.8 Å². The number of aromatic nitrogens is 3. The Bertz CT molecular complexity index is 1150. The summed E-state index contributed by atoms with van der Waals surface area (Å²) < 4.78 is 32.3. The average Bonchev–Trinajstić information content (AvgIpc) is 3.36. The molecule has 3 aromatic rings. The Labute approximate surface area is 181 Å². The normalized spacial score (nSPS) is 22.6. The number of fused-ring (bicyclic) bond motifs is 1. The SMILES string of the molecule is COS(=O)(=O)N[C@H]1C[C@@H](n2ccc3c(N(C)[C@@H](C)c4ccccc4)ncnc32)C[C@@H]1O. The first-order chi connectivity index (χ1) is 14.8. The second-order valence-electron chi connectivity index (χ2n) is 7.89. The molecule has 0 bridgehead atoms. The molecule has 9 nitrogen and oxygen atoms in total. The molecule has 0 spiro atoms. The van der Waals surface area contributed by atoms with Crippen LogP contribution in [-0.2, 0) is 14.5 Å². The number of hydrogen-bond donors (Lipinski definition) is 2. The maximum atomic E-state index is 11.7. The van der Waals surface area contributed by atoms with E-state index in [0.29, 0.717) is 12.8 Å². The van der Waals surface area contributed by atoms with Gasteiger partial charge in [-0.25, -0.2) is 9.97 Å². The number of aliphatic hydroxyl groups is 1. The summed E-state index contributed by atoms with van der Waals surface area (Å²) in [6.45, 7) is 2.13. The first-order valence-corrected chi connectivity index (χ1v) is 11.6. The zero-order valence-electron chi connectivity index (χ0n) is 17.7. The van der Waals surface area contributed by atoms with Gasteiger partial charge in [0, 0.05) is 19.3 Å². The first-order valence-electron chi connectivity index (χ1n) is 10.2. The van der Waals surface area contributed by atoms with Crippen LogP contribution in [0.15, 0.2) is 48.9 Å². The van der Waals surface area contributed by atoms with Gasteiger partial charge >= 0.3 is 10.3 Å². The van der Waals surface area contributed by atoms with Crippen LogP contribution in [0.2, 0.25) is 0 Å². The van der Waals surface area contributed by atoms with Gasteiger partial charge in [-0.05, 0) is 31.4 Å². The van der Waals surface area contributed by atoms with E-state index in [0.717, 1.165) is 24.0 Å². The van der Waals surface area contributed by atoms with E-state index in [1.165, 1.54) is 5.56 Å². The van der Waals surface area contributed by atoms with Crippen LogP contribution in [0.4, 0.5) is 5.82 Å². The minimum absolute atomic E-state index is 0.100. The van der Waals surface area contributed by atoms with Crippen LogP contribution in [0.3, 0.4) is 0 Å². The van der Waals surface area contributed by atoms with E-state index in [1.54, 1.807) is 6.33 Å². The molecule has 31 heavy (non-hydrogen) atoms. The Balaban J connectivity index is 1.61. The molecule has 10 heteroatoms. The van der Waals surface area contributed by atoms with Crippen molar-refractivity contribution in [2.75, 3.05) is 19.1 Å². The summed E-state index contributed by atoms with van der Waals surface area (Å²) in [5, 5.41) is 11.3. The molecule has 1 aliphatic rings. The van der Waals surface area contributed by atoms with Gasteiger partial charge in [0.2, 0.25) is 0 Å². The number of nitrogens with one attached hydrogen (secondary N) is 1. The number of nitrogens with zero attached hydrogens (tertiary/aromatic N) is 4. The minimum Gasteiger partial charge on any atom is -0.391 e. The standard InChI is InChI=1S/C21H27N5O4S/c1-14(15-7-5-4-6-8-15)25(2)20-17-9-10-26(21(17)23-13-22-20)16-11-18(19(27)12-16)24-31(28,29)30-3/h4-10,13-14,16,18-19,24,27H,11-12H2,1-3H3/t14-,16+,18-,19-/m0/s1. The number of rotatable bonds is 7. The summed E-state index contributed by atoms with van der Waals surface area (Å²) >= 11 is 0. The van der Waals surface area contributed by atoms with Crippen molar-refractivity contribution < 1.29 is 17.7 Å². The molecule has 0 radical (unpaired) electrons. The summed E-state index contributed by atoms with van der Waals surface area (Å²) in [4.78, 5) is 11.1. The lowest BCUT2D eigenvalue weighted by atomic mass is 10.1. The number of anilines is 1. The Hall–Kier alpha value is -2.53. The monoisotopic (exact) mass is 445 g/mol. The Morgan fingerprint density at radius 2 is 1.97 bits per heavy atom. The largest absolute Gasteiger partial charge is 0.391 e. The van der Waals surface area contributed by atoms with Gasteiger partial charge in [0.25, 0.3) is 0 Å². The van der Waals surface area contributed by atoms with Gasteiger partial charge in [0.1, 0.15) is 17.8 Å². The molecule has 0 aliphatic heterocycles. The lowest BCUT2D eigenvalue weighted by molar-refractivity contribution is 0.154. The number of benzene rings is 1. The van der Waals surface area contributed by atoms with E-state index < -0.39 is 22.4 Å². The molecule has 2 N–H and O–H groups in total. The minimum atomic E-state index is -3.88. The van der Waals surface area contributed by atoms with Gasteiger partial charge in [-0.1, -0.05) is 30.3 Å².